The fourth-order valence-corrected chi connectivity index (χ4v) is 4.72. The summed E-state index contributed by atoms with van der Waals surface area (Å²) in [5.41, 5.74) is 0.206. The van der Waals surface area contributed by atoms with Crippen molar-refractivity contribution in [3.8, 4) is 5.75 Å². The van der Waals surface area contributed by atoms with Crippen LogP contribution in [0.25, 0.3) is 0 Å². The Bertz CT molecular complexity index is 618. The topological polar surface area (TPSA) is 52.9 Å². The molecular formula is C24H39NO3. The molecule has 1 aliphatic carbocycles. The molecule has 1 aliphatic heterocycles. The van der Waals surface area contributed by atoms with E-state index in [1.54, 1.807) is 0 Å². The lowest BCUT2D eigenvalue weighted by Gasteiger charge is -2.45. The summed E-state index contributed by atoms with van der Waals surface area (Å²) in [6, 6.07) is 7.96. The molecule has 0 aromatic heterocycles. The minimum absolute atomic E-state index is 0.334. The fourth-order valence-electron chi connectivity index (χ4n) is 4.72. The summed E-state index contributed by atoms with van der Waals surface area (Å²) in [6.45, 7) is 11.7. The van der Waals surface area contributed by atoms with Gasteiger partial charge in [-0.15, -0.1) is 0 Å². The van der Waals surface area contributed by atoms with Crippen molar-refractivity contribution in [2.75, 3.05) is 26.2 Å². The highest BCUT2D eigenvalue weighted by Crippen LogP contribution is 2.42. The van der Waals surface area contributed by atoms with E-state index in [0.717, 1.165) is 51.1 Å². The SMILES string of the molecule is Cc1ccc(OCC2(O)CCN(CC3(O)CCC(C(C)(C)C)CC3)CC2)cc1. The van der Waals surface area contributed by atoms with Crippen LogP contribution in [0.1, 0.15) is 64.9 Å². The molecule has 2 aliphatic rings. The third-order valence-corrected chi connectivity index (χ3v) is 6.97. The molecule has 0 unspecified atom stereocenters. The van der Waals surface area contributed by atoms with Gasteiger partial charge in [0.05, 0.1) is 5.60 Å². The quantitative estimate of drug-likeness (QED) is 0.794. The van der Waals surface area contributed by atoms with E-state index in [4.69, 9.17) is 4.74 Å². The molecule has 1 saturated heterocycles. The average Bonchev–Trinajstić information content (AvgIpc) is 2.63. The van der Waals surface area contributed by atoms with Crippen molar-refractivity contribution in [1.82, 2.24) is 4.90 Å². The molecule has 0 spiro atoms. The summed E-state index contributed by atoms with van der Waals surface area (Å²) >= 11 is 0. The van der Waals surface area contributed by atoms with Gasteiger partial charge in [0.1, 0.15) is 18.0 Å². The Labute approximate surface area is 170 Å². The number of likely N-dealkylation sites (tertiary alicyclic amines) is 1. The summed E-state index contributed by atoms with van der Waals surface area (Å²) in [5.74, 6) is 1.52. The number of aliphatic hydroxyl groups is 2. The molecule has 0 amide bonds. The van der Waals surface area contributed by atoms with Crippen LogP contribution in [0, 0.1) is 18.3 Å². The Morgan fingerprint density at radius 3 is 2.07 bits per heavy atom. The van der Waals surface area contributed by atoms with Crippen LogP contribution >= 0.6 is 0 Å². The van der Waals surface area contributed by atoms with Crippen LogP contribution in [0.15, 0.2) is 24.3 Å². The van der Waals surface area contributed by atoms with Crippen molar-refractivity contribution < 1.29 is 14.9 Å². The minimum Gasteiger partial charge on any atom is -0.491 e. The highest BCUT2D eigenvalue weighted by Gasteiger charge is 2.40. The largest absolute Gasteiger partial charge is 0.491 e. The molecule has 1 saturated carbocycles. The zero-order chi connectivity index (χ0) is 20.4. The van der Waals surface area contributed by atoms with Crippen LogP contribution in [0.4, 0.5) is 0 Å². The van der Waals surface area contributed by atoms with E-state index in [1.807, 2.05) is 24.3 Å². The number of nitrogens with zero attached hydrogens (tertiary/aromatic N) is 1. The highest BCUT2D eigenvalue weighted by atomic mass is 16.5. The molecule has 2 fully saturated rings. The molecule has 158 valence electrons. The molecule has 4 heteroatoms. The third kappa shape index (κ3) is 5.71. The van der Waals surface area contributed by atoms with Gasteiger partial charge in [-0.1, -0.05) is 38.5 Å². The Morgan fingerprint density at radius 2 is 1.54 bits per heavy atom. The second kappa shape index (κ2) is 8.33. The van der Waals surface area contributed by atoms with Gasteiger partial charge < -0.3 is 19.8 Å². The van der Waals surface area contributed by atoms with E-state index in [2.05, 4.69) is 32.6 Å². The maximum Gasteiger partial charge on any atom is 0.119 e. The molecule has 2 N–H and O–H groups in total. The minimum atomic E-state index is -0.770. The van der Waals surface area contributed by atoms with Crippen molar-refractivity contribution >= 4 is 0 Å². The zero-order valence-corrected chi connectivity index (χ0v) is 18.2. The van der Waals surface area contributed by atoms with Gasteiger partial charge in [0.2, 0.25) is 0 Å². The van der Waals surface area contributed by atoms with Crippen molar-refractivity contribution in [1.29, 1.82) is 0 Å². The van der Waals surface area contributed by atoms with Gasteiger partial charge in [0, 0.05) is 19.6 Å². The van der Waals surface area contributed by atoms with E-state index >= 15 is 0 Å². The van der Waals surface area contributed by atoms with E-state index in [9.17, 15) is 10.2 Å². The first-order valence-electron chi connectivity index (χ1n) is 10.9. The second-order valence-electron chi connectivity index (χ2n) is 10.5. The highest BCUT2D eigenvalue weighted by molar-refractivity contribution is 5.26. The van der Waals surface area contributed by atoms with E-state index in [-0.39, 0.29) is 0 Å². The van der Waals surface area contributed by atoms with Gasteiger partial charge in [-0.3, -0.25) is 0 Å². The Balaban J connectivity index is 1.44. The lowest BCUT2D eigenvalue weighted by Crippen LogP contribution is -2.53. The van der Waals surface area contributed by atoms with Gasteiger partial charge >= 0.3 is 0 Å². The summed E-state index contributed by atoms with van der Waals surface area (Å²) in [5, 5.41) is 22.0. The van der Waals surface area contributed by atoms with Crippen LogP contribution in [-0.4, -0.2) is 52.6 Å². The molecule has 4 nitrogen and oxygen atoms in total. The number of aryl methyl sites for hydroxylation is 1. The summed E-state index contributed by atoms with van der Waals surface area (Å²) in [7, 11) is 0. The average molecular weight is 390 g/mol. The molecule has 0 atom stereocenters. The lowest BCUT2D eigenvalue weighted by atomic mass is 9.68. The summed E-state index contributed by atoms with van der Waals surface area (Å²) < 4.78 is 5.83. The number of benzene rings is 1. The van der Waals surface area contributed by atoms with Gasteiger partial charge in [0.25, 0.3) is 0 Å². The van der Waals surface area contributed by atoms with Crippen molar-refractivity contribution in [3.05, 3.63) is 29.8 Å². The van der Waals surface area contributed by atoms with E-state index < -0.39 is 11.2 Å². The molecule has 0 bridgehead atoms. The maximum absolute atomic E-state index is 11.1. The smallest absolute Gasteiger partial charge is 0.119 e. The van der Waals surface area contributed by atoms with Crippen LogP contribution in [-0.2, 0) is 0 Å². The van der Waals surface area contributed by atoms with E-state index in [1.165, 1.54) is 5.56 Å². The molecule has 1 heterocycles. The molecule has 0 radical (unpaired) electrons. The normalized spacial score (nSPS) is 28.9. The standard InChI is InChI=1S/C24H39NO3/c1-19-5-7-21(8-6-19)28-18-24(27)13-15-25(16-14-24)17-23(26)11-9-20(10-12-23)22(2,3)4/h5-8,20,26-27H,9-18H2,1-4H3. The number of rotatable bonds is 5. The van der Waals surface area contributed by atoms with Gasteiger partial charge in [-0.2, -0.15) is 0 Å². The van der Waals surface area contributed by atoms with Crippen LogP contribution < -0.4 is 4.74 Å². The number of ether oxygens (including phenoxy) is 1. The first-order chi connectivity index (χ1) is 13.1. The van der Waals surface area contributed by atoms with E-state index in [0.29, 0.717) is 30.8 Å². The van der Waals surface area contributed by atoms with Crippen LogP contribution in [0.2, 0.25) is 0 Å². The number of piperidine rings is 1. The van der Waals surface area contributed by atoms with Gasteiger partial charge in [-0.05, 0) is 68.9 Å². The number of hydrogen-bond acceptors (Lipinski definition) is 4. The summed E-state index contributed by atoms with van der Waals surface area (Å²) in [6.07, 6.45) is 5.40. The molecule has 1 aromatic carbocycles. The molecule has 1 aromatic rings. The third-order valence-electron chi connectivity index (χ3n) is 6.97. The van der Waals surface area contributed by atoms with Crippen molar-refractivity contribution in [3.63, 3.8) is 0 Å². The van der Waals surface area contributed by atoms with Crippen molar-refractivity contribution in [2.45, 2.75) is 77.4 Å². The summed E-state index contributed by atoms with van der Waals surface area (Å²) in [4.78, 5) is 2.33. The fraction of sp³-hybridized carbons (Fsp3) is 0.750. The Morgan fingerprint density at radius 1 is 0.964 bits per heavy atom. The van der Waals surface area contributed by atoms with Gasteiger partial charge in [0.15, 0.2) is 0 Å². The predicted molar refractivity (Wildman–Crippen MR) is 114 cm³/mol. The number of hydrogen-bond donors (Lipinski definition) is 2. The molecule has 3 rings (SSSR count). The zero-order valence-electron chi connectivity index (χ0n) is 18.2. The van der Waals surface area contributed by atoms with Crippen LogP contribution in [0.3, 0.4) is 0 Å². The molecule has 28 heavy (non-hydrogen) atoms. The van der Waals surface area contributed by atoms with Gasteiger partial charge in [-0.25, -0.2) is 0 Å². The Hall–Kier alpha value is -1.10. The molecular weight excluding hydrogens is 350 g/mol. The number of β-amino-alcohol motifs (C(OH)–C–C–N with tert-alkyl or cyclic N) is 1. The first kappa shape index (κ1) is 21.6. The lowest BCUT2D eigenvalue weighted by molar-refractivity contribution is -0.0844. The monoisotopic (exact) mass is 389 g/mol. The Kier molecular flexibility index (Phi) is 6.43. The first-order valence-corrected chi connectivity index (χ1v) is 10.9. The van der Waals surface area contributed by atoms with Crippen molar-refractivity contribution in [2.24, 2.45) is 11.3 Å². The van der Waals surface area contributed by atoms with Crippen LogP contribution in [0.5, 0.6) is 5.75 Å². The predicted octanol–water partition coefficient (Wildman–Crippen LogP) is 4.17. The maximum atomic E-state index is 11.1. The second-order valence-corrected chi connectivity index (χ2v) is 10.5.